The number of rotatable bonds is 7. The predicted octanol–water partition coefficient (Wildman–Crippen LogP) is 1.81. The van der Waals surface area contributed by atoms with Gasteiger partial charge in [0.2, 0.25) is 5.91 Å². The predicted molar refractivity (Wildman–Crippen MR) is 84.7 cm³/mol. The topological polar surface area (TPSA) is 101 Å². The molecule has 0 aromatic rings. The molecule has 4 atom stereocenters. The van der Waals surface area contributed by atoms with E-state index in [0.717, 1.165) is 12.8 Å². The maximum atomic E-state index is 12.5. The number of carbonyl (C=O) groups is 4. The second-order valence-electron chi connectivity index (χ2n) is 6.48. The van der Waals surface area contributed by atoms with Crippen molar-refractivity contribution in [2.75, 3.05) is 0 Å². The zero-order valence-corrected chi connectivity index (χ0v) is 14.3. The van der Waals surface area contributed by atoms with Crippen molar-refractivity contribution in [1.82, 2.24) is 5.32 Å². The van der Waals surface area contributed by atoms with Gasteiger partial charge in [-0.3, -0.25) is 19.2 Å². The fourth-order valence-electron chi connectivity index (χ4n) is 3.47. The number of amides is 1. The quantitative estimate of drug-likeness (QED) is 0.743. The highest BCUT2D eigenvalue weighted by molar-refractivity contribution is 5.91. The zero-order chi connectivity index (χ0) is 17.7. The van der Waals surface area contributed by atoms with E-state index in [1.165, 1.54) is 13.8 Å². The minimum atomic E-state index is -1.08. The molecule has 1 rings (SSSR count). The molecule has 0 aromatic carbocycles. The SMILES string of the molecule is CCC(CC)NC(=O)C1CC(C(C)=O)C(C(C)=O)CC1C(=O)O. The number of hydrogen-bond acceptors (Lipinski definition) is 4. The Hall–Kier alpha value is -1.72. The second kappa shape index (κ2) is 8.22. The van der Waals surface area contributed by atoms with Gasteiger partial charge in [-0.25, -0.2) is 0 Å². The summed E-state index contributed by atoms with van der Waals surface area (Å²) in [5.74, 6) is -4.61. The van der Waals surface area contributed by atoms with Gasteiger partial charge < -0.3 is 10.4 Å². The lowest BCUT2D eigenvalue weighted by molar-refractivity contribution is -0.154. The van der Waals surface area contributed by atoms with E-state index in [9.17, 15) is 24.3 Å². The Morgan fingerprint density at radius 3 is 1.70 bits per heavy atom. The molecule has 0 heterocycles. The van der Waals surface area contributed by atoms with Gasteiger partial charge in [0, 0.05) is 17.9 Å². The molecule has 2 N–H and O–H groups in total. The van der Waals surface area contributed by atoms with Gasteiger partial charge >= 0.3 is 5.97 Å². The number of Topliss-reactive ketones (excluding diaryl/α,β-unsaturated/α-hetero) is 2. The third-order valence-electron chi connectivity index (χ3n) is 5.02. The van der Waals surface area contributed by atoms with Crippen LogP contribution in [0.4, 0.5) is 0 Å². The van der Waals surface area contributed by atoms with Crippen molar-refractivity contribution in [3.8, 4) is 0 Å². The van der Waals surface area contributed by atoms with Gasteiger partial charge in [-0.15, -0.1) is 0 Å². The van der Waals surface area contributed by atoms with Gasteiger partial charge in [0.25, 0.3) is 0 Å². The van der Waals surface area contributed by atoms with Crippen LogP contribution in [0.3, 0.4) is 0 Å². The lowest BCUT2D eigenvalue weighted by atomic mass is 9.65. The molecule has 0 spiro atoms. The number of carboxylic acids is 1. The summed E-state index contributed by atoms with van der Waals surface area (Å²) in [4.78, 5) is 47.7. The lowest BCUT2D eigenvalue weighted by Crippen LogP contribution is -2.49. The molecular formula is C17H27NO5. The van der Waals surface area contributed by atoms with Gasteiger partial charge in [0.15, 0.2) is 0 Å². The number of aliphatic carboxylic acids is 1. The molecule has 0 aromatic heterocycles. The lowest BCUT2D eigenvalue weighted by Gasteiger charge is -2.37. The second-order valence-corrected chi connectivity index (χ2v) is 6.48. The number of nitrogens with one attached hydrogen (secondary N) is 1. The van der Waals surface area contributed by atoms with E-state index in [0.29, 0.717) is 0 Å². The highest BCUT2D eigenvalue weighted by atomic mass is 16.4. The molecule has 6 heteroatoms. The van der Waals surface area contributed by atoms with Gasteiger partial charge in [0.05, 0.1) is 11.8 Å². The summed E-state index contributed by atoms with van der Waals surface area (Å²) in [6.07, 6.45) is 1.70. The smallest absolute Gasteiger partial charge is 0.307 e. The number of ketones is 2. The van der Waals surface area contributed by atoms with E-state index in [2.05, 4.69) is 5.32 Å². The average molecular weight is 325 g/mol. The van der Waals surface area contributed by atoms with Gasteiger partial charge in [-0.2, -0.15) is 0 Å². The molecule has 1 aliphatic rings. The van der Waals surface area contributed by atoms with E-state index < -0.39 is 29.6 Å². The maximum absolute atomic E-state index is 12.5. The molecule has 0 aliphatic heterocycles. The molecule has 0 radical (unpaired) electrons. The van der Waals surface area contributed by atoms with E-state index in [1.807, 2.05) is 13.8 Å². The molecule has 0 bridgehead atoms. The summed E-state index contributed by atoms with van der Waals surface area (Å²) in [7, 11) is 0. The van der Waals surface area contributed by atoms with Crippen LogP contribution < -0.4 is 5.32 Å². The van der Waals surface area contributed by atoms with Crippen molar-refractivity contribution in [3.63, 3.8) is 0 Å². The first-order chi connectivity index (χ1) is 10.7. The summed E-state index contributed by atoms with van der Waals surface area (Å²) in [6.45, 7) is 6.68. The van der Waals surface area contributed by atoms with Crippen LogP contribution in [0.5, 0.6) is 0 Å². The van der Waals surface area contributed by atoms with Crippen molar-refractivity contribution in [2.24, 2.45) is 23.7 Å². The third-order valence-corrected chi connectivity index (χ3v) is 5.02. The van der Waals surface area contributed by atoms with Crippen molar-refractivity contribution < 1.29 is 24.3 Å². The Morgan fingerprint density at radius 2 is 1.35 bits per heavy atom. The van der Waals surface area contributed by atoms with Crippen molar-refractivity contribution >= 4 is 23.4 Å². The Bertz CT molecular complexity index is 483. The van der Waals surface area contributed by atoms with Crippen LogP contribution in [0.2, 0.25) is 0 Å². The molecule has 0 saturated heterocycles. The molecule has 4 unspecified atom stereocenters. The molecule has 1 fully saturated rings. The van der Waals surface area contributed by atoms with E-state index in [4.69, 9.17) is 0 Å². The van der Waals surface area contributed by atoms with Crippen LogP contribution in [-0.2, 0) is 19.2 Å². The highest BCUT2D eigenvalue weighted by Crippen LogP contribution is 2.39. The van der Waals surface area contributed by atoms with Crippen LogP contribution in [0.15, 0.2) is 0 Å². The molecule has 1 amide bonds. The van der Waals surface area contributed by atoms with Crippen LogP contribution in [0, 0.1) is 23.7 Å². The average Bonchev–Trinajstić information content (AvgIpc) is 2.50. The van der Waals surface area contributed by atoms with Gasteiger partial charge in [0.1, 0.15) is 11.6 Å². The first-order valence-corrected chi connectivity index (χ1v) is 8.26. The van der Waals surface area contributed by atoms with Gasteiger partial charge in [-0.1, -0.05) is 13.8 Å². The molecule has 1 saturated carbocycles. The van der Waals surface area contributed by atoms with E-state index >= 15 is 0 Å². The molecule has 23 heavy (non-hydrogen) atoms. The van der Waals surface area contributed by atoms with Crippen molar-refractivity contribution in [3.05, 3.63) is 0 Å². The van der Waals surface area contributed by atoms with E-state index in [1.54, 1.807) is 0 Å². The van der Waals surface area contributed by atoms with Crippen LogP contribution >= 0.6 is 0 Å². The van der Waals surface area contributed by atoms with Gasteiger partial charge in [-0.05, 0) is 39.5 Å². The van der Waals surface area contributed by atoms with E-state index in [-0.39, 0.29) is 36.4 Å². The normalized spacial score (nSPS) is 27.5. The van der Waals surface area contributed by atoms with Crippen LogP contribution in [-0.4, -0.2) is 34.6 Å². The summed E-state index contributed by atoms with van der Waals surface area (Å²) < 4.78 is 0. The first-order valence-electron chi connectivity index (χ1n) is 8.26. The Labute approximate surface area is 137 Å². The number of hydrogen-bond donors (Lipinski definition) is 2. The Morgan fingerprint density at radius 1 is 0.913 bits per heavy atom. The highest BCUT2D eigenvalue weighted by Gasteiger charge is 2.46. The summed E-state index contributed by atoms with van der Waals surface area (Å²) in [5.41, 5.74) is 0. The minimum absolute atomic E-state index is 0.00162. The molecule has 130 valence electrons. The molecule has 1 aliphatic carbocycles. The van der Waals surface area contributed by atoms with Crippen molar-refractivity contribution in [1.29, 1.82) is 0 Å². The summed E-state index contributed by atoms with van der Waals surface area (Å²) >= 11 is 0. The molecular weight excluding hydrogens is 298 g/mol. The minimum Gasteiger partial charge on any atom is -0.481 e. The standard InChI is InChI=1S/C17H27NO5/c1-5-11(6-2)18-16(21)14-7-12(9(3)19)13(10(4)20)8-15(14)17(22)23/h11-15H,5-8H2,1-4H3,(H,18,21)(H,22,23). The zero-order valence-electron chi connectivity index (χ0n) is 14.3. The largest absolute Gasteiger partial charge is 0.481 e. The maximum Gasteiger partial charge on any atom is 0.307 e. The van der Waals surface area contributed by atoms with Crippen molar-refractivity contribution in [2.45, 2.75) is 59.4 Å². The number of carboxylic acid groups (broad SMARTS) is 1. The Balaban J connectivity index is 3.03. The fourth-order valence-corrected chi connectivity index (χ4v) is 3.47. The fraction of sp³-hybridized carbons (Fsp3) is 0.765. The summed E-state index contributed by atoms with van der Waals surface area (Å²) in [5, 5.41) is 12.3. The summed E-state index contributed by atoms with van der Waals surface area (Å²) in [6, 6.07) is -0.00162. The third kappa shape index (κ3) is 4.62. The first kappa shape index (κ1) is 19.3. The molecule has 6 nitrogen and oxygen atoms in total. The number of carbonyl (C=O) groups excluding carboxylic acids is 3. The van der Waals surface area contributed by atoms with Crippen LogP contribution in [0.1, 0.15) is 53.4 Å². The van der Waals surface area contributed by atoms with Crippen LogP contribution in [0.25, 0.3) is 0 Å². The monoisotopic (exact) mass is 325 g/mol. The Kier molecular flexibility index (Phi) is 6.91.